The van der Waals surface area contributed by atoms with E-state index in [1.165, 1.54) is 0 Å². The molecule has 0 bridgehead atoms. The van der Waals surface area contributed by atoms with Gasteiger partial charge in [0.05, 0.1) is 13.2 Å². The Morgan fingerprint density at radius 2 is 1.59 bits per heavy atom. The number of carbonyl (C=O) groups is 1. The minimum atomic E-state index is -0.0342. The molecule has 0 spiro atoms. The summed E-state index contributed by atoms with van der Waals surface area (Å²) in [6.45, 7) is 7.65. The van der Waals surface area contributed by atoms with E-state index >= 15 is 0 Å². The van der Waals surface area contributed by atoms with Crippen LogP contribution in [-0.4, -0.2) is 26.0 Å². The molecule has 0 amide bonds. The molecule has 2 aromatic carbocycles. The Labute approximate surface area is 174 Å². The van der Waals surface area contributed by atoms with Crippen LogP contribution in [0.2, 0.25) is 0 Å². The maximum Gasteiger partial charge on any atom is 0.185 e. The number of ether oxygens (including phenoxy) is 2. The summed E-state index contributed by atoms with van der Waals surface area (Å²) in [5.41, 5.74) is 3.56. The van der Waals surface area contributed by atoms with Crippen LogP contribution in [0.1, 0.15) is 61.0 Å². The van der Waals surface area contributed by atoms with Gasteiger partial charge in [0.2, 0.25) is 0 Å². The van der Waals surface area contributed by atoms with E-state index in [-0.39, 0.29) is 5.78 Å². The van der Waals surface area contributed by atoms with Gasteiger partial charge in [-0.05, 0) is 67.8 Å². The first-order chi connectivity index (χ1) is 14.1. The van der Waals surface area contributed by atoms with Gasteiger partial charge in [-0.3, -0.25) is 4.79 Å². The lowest BCUT2D eigenvalue weighted by molar-refractivity contribution is 0.104. The number of carbonyl (C=O) groups excluding carboxylic acids is 1. The predicted octanol–water partition coefficient (Wildman–Crippen LogP) is 6.29. The molecule has 0 saturated heterocycles. The van der Waals surface area contributed by atoms with Crippen LogP contribution < -0.4 is 14.8 Å². The van der Waals surface area contributed by atoms with Crippen molar-refractivity contribution in [2.45, 2.75) is 46.5 Å². The van der Waals surface area contributed by atoms with E-state index in [1.54, 1.807) is 6.08 Å². The number of benzene rings is 2. The van der Waals surface area contributed by atoms with E-state index in [0.717, 1.165) is 54.0 Å². The molecule has 0 fully saturated rings. The highest BCUT2D eigenvalue weighted by Crippen LogP contribution is 2.30. The highest BCUT2D eigenvalue weighted by molar-refractivity contribution is 6.07. The Bertz CT molecular complexity index is 810. The van der Waals surface area contributed by atoms with Gasteiger partial charge in [0, 0.05) is 29.9 Å². The number of allylic oxidation sites excluding steroid dienone is 1. The molecular weight excluding hydrogens is 362 g/mol. The zero-order valence-electron chi connectivity index (χ0n) is 18.1. The van der Waals surface area contributed by atoms with Gasteiger partial charge in [-0.2, -0.15) is 0 Å². The lowest BCUT2D eigenvalue weighted by atomic mass is 10.1. The number of nitrogens with one attached hydrogen (secondary N) is 1. The van der Waals surface area contributed by atoms with Crippen LogP contribution in [-0.2, 0) is 0 Å². The summed E-state index contributed by atoms with van der Waals surface area (Å²) >= 11 is 0. The van der Waals surface area contributed by atoms with E-state index in [0.29, 0.717) is 18.8 Å². The first-order valence-electron chi connectivity index (χ1n) is 10.5. The van der Waals surface area contributed by atoms with Crippen LogP contribution in [0.25, 0.3) is 6.08 Å². The molecule has 0 aliphatic rings. The van der Waals surface area contributed by atoms with E-state index in [2.05, 4.69) is 19.2 Å². The Kier molecular flexibility index (Phi) is 9.29. The summed E-state index contributed by atoms with van der Waals surface area (Å²) < 4.78 is 11.9. The van der Waals surface area contributed by atoms with Crippen molar-refractivity contribution in [3.8, 4) is 11.5 Å². The topological polar surface area (TPSA) is 47.6 Å². The Hall–Kier alpha value is -2.75. The zero-order chi connectivity index (χ0) is 21.1. The monoisotopic (exact) mass is 395 g/mol. The van der Waals surface area contributed by atoms with Crippen molar-refractivity contribution < 1.29 is 14.3 Å². The molecule has 0 heterocycles. The van der Waals surface area contributed by atoms with Crippen LogP contribution in [0, 0.1) is 6.92 Å². The van der Waals surface area contributed by atoms with Gasteiger partial charge in [-0.25, -0.2) is 0 Å². The fourth-order valence-corrected chi connectivity index (χ4v) is 2.82. The molecule has 156 valence electrons. The second kappa shape index (κ2) is 11.9. The number of aryl methyl sites for hydroxylation is 1. The van der Waals surface area contributed by atoms with Crippen LogP contribution >= 0.6 is 0 Å². The van der Waals surface area contributed by atoms with Gasteiger partial charge in [0.25, 0.3) is 0 Å². The third-order valence-corrected chi connectivity index (χ3v) is 4.69. The van der Waals surface area contributed by atoms with E-state index < -0.39 is 0 Å². The number of anilines is 1. The van der Waals surface area contributed by atoms with Crippen molar-refractivity contribution in [1.82, 2.24) is 0 Å². The molecule has 2 aromatic rings. The third kappa shape index (κ3) is 6.97. The quantitative estimate of drug-likeness (QED) is 0.261. The fraction of sp³-hybridized carbons (Fsp3) is 0.400. The number of hydrogen-bond donors (Lipinski definition) is 1. The number of rotatable bonds is 12. The number of unbranched alkanes of at least 4 members (excludes halogenated alkanes) is 2. The van der Waals surface area contributed by atoms with Crippen molar-refractivity contribution in [2.75, 3.05) is 25.6 Å². The van der Waals surface area contributed by atoms with Gasteiger partial charge in [0.1, 0.15) is 11.5 Å². The second-order valence-electron chi connectivity index (χ2n) is 7.08. The summed E-state index contributed by atoms with van der Waals surface area (Å²) in [5, 5.41) is 3.05. The zero-order valence-corrected chi connectivity index (χ0v) is 18.1. The van der Waals surface area contributed by atoms with Crippen molar-refractivity contribution in [1.29, 1.82) is 0 Å². The molecule has 2 rings (SSSR count). The van der Waals surface area contributed by atoms with Crippen molar-refractivity contribution in [3.63, 3.8) is 0 Å². The Morgan fingerprint density at radius 3 is 2.17 bits per heavy atom. The summed E-state index contributed by atoms with van der Waals surface area (Å²) in [5.74, 6) is 1.56. The van der Waals surface area contributed by atoms with Gasteiger partial charge < -0.3 is 14.8 Å². The molecule has 0 unspecified atom stereocenters. The molecule has 29 heavy (non-hydrogen) atoms. The number of hydrogen-bond acceptors (Lipinski definition) is 4. The predicted molar refractivity (Wildman–Crippen MR) is 121 cm³/mol. The van der Waals surface area contributed by atoms with Crippen LogP contribution in [0.15, 0.2) is 42.5 Å². The van der Waals surface area contributed by atoms with Crippen molar-refractivity contribution in [2.24, 2.45) is 0 Å². The van der Waals surface area contributed by atoms with Gasteiger partial charge in [-0.15, -0.1) is 0 Å². The maximum absolute atomic E-state index is 12.5. The largest absolute Gasteiger partial charge is 0.493 e. The lowest BCUT2D eigenvalue weighted by Crippen LogP contribution is -2.02. The smallest absolute Gasteiger partial charge is 0.185 e. The molecule has 4 heteroatoms. The molecule has 0 aliphatic carbocycles. The summed E-state index contributed by atoms with van der Waals surface area (Å²) in [4.78, 5) is 12.5. The highest BCUT2D eigenvalue weighted by atomic mass is 16.5. The molecule has 0 radical (unpaired) electrons. The summed E-state index contributed by atoms with van der Waals surface area (Å²) in [6, 6.07) is 11.4. The SMILES string of the molecule is CCCCOc1cc(OCCCC)c(/C=C/C(=O)c2ccc(NC)cc2)cc1C. The minimum Gasteiger partial charge on any atom is -0.493 e. The average molecular weight is 396 g/mol. The van der Waals surface area contributed by atoms with Crippen molar-refractivity contribution in [3.05, 3.63) is 59.2 Å². The van der Waals surface area contributed by atoms with Gasteiger partial charge >= 0.3 is 0 Å². The Morgan fingerprint density at radius 1 is 0.966 bits per heavy atom. The summed E-state index contributed by atoms with van der Waals surface area (Å²) in [7, 11) is 1.86. The second-order valence-corrected chi connectivity index (χ2v) is 7.08. The minimum absolute atomic E-state index is 0.0342. The lowest BCUT2D eigenvalue weighted by Gasteiger charge is -2.14. The standard InChI is InChI=1S/C25H33NO3/c1-5-7-15-28-24-18-25(29-16-8-6-2)21(17-19(24)3)11-14-23(27)20-9-12-22(26-4)13-10-20/h9-14,17-18,26H,5-8,15-16H2,1-4H3/b14-11+. The van der Waals surface area contributed by atoms with E-state index in [9.17, 15) is 4.79 Å². The average Bonchev–Trinajstić information content (AvgIpc) is 2.74. The third-order valence-electron chi connectivity index (χ3n) is 4.69. The maximum atomic E-state index is 12.5. The van der Waals surface area contributed by atoms with Gasteiger partial charge in [-0.1, -0.05) is 26.7 Å². The molecule has 0 aromatic heterocycles. The fourth-order valence-electron chi connectivity index (χ4n) is 2.82. The van der Waals surface area contributed by atoms with E-state index in [1.807, 2.05) is 56.4 Å². The van der Waals surface area contributed by atoms with E-state index in [4.69, 9.17) is 9.47 Å². The molecule has 0 aliphatic heterocycles. The number of ketones is 1. The first kappa shape index (κ1) is 22.5. The van der Waals surface area contributed by atoms with Crippen LogP contribution in [0.3, 0.4) is 0 Å². The van der Waals surface area contributed by atoms with Gasteiger partial charge in [0.15, 0.2) is 5.78 Å². The first-order valence-corrected chi connectivity index (χ1v) is 10.5. The highest BCUT2D eigenvalue weighted by Gasteiger charge is 2.10. The normalized spacial score (nSPS) is 10.9. The molecule has 4 nitrogen and oxygen atoms in total. The van der Waals surface area contributed by atoms with Crippen LogP contribution in [0.4, 0.5) is 5.69 Å². The van der Waals surface area contributed by atoms with Crippen LogP contribution in [0.5, 0.6) is 11.5 Å². The molecule has 0 atom stereocenters. The van der Waals surface area contributed by atoms with Crippen molar-refractivity contribution >= 4 is 17.5 Å². The molecule has 0 saturated carbocycles. The summed E-state index contributed by atoms with van der Waals surface area (Å²) in [6.07, 6.45) is 7.61. The molecular formula is C25H33NO3. The molecule has 1 N–H and O–H groups in total. The Balaban J connectivity index is 2.21.